The number of carbonyl (C=O) groups is 8. The normalized spacial score (nSPS) is 13.1. The Kier molecular flexibility index (Phi) is 26.7. The Morgan fingerprint density at radius 2 is 0.636 bits per heavy atom. The molecule has 0 heterocycles. The second-order valence-corrected chi connectivity index (χ2v) is 11.1. The molecule has 12 N–H and O–H groups in total. The van der Waals surface area contributed by atoms with Gasteiger partial charge >= 0.3 is 23.9 Å². The minimum atomic E-state index is -1.13. The average Bonchev–Trinajstić information content (AvgIpc) is 2.87. The summed E-state index contributed by atoms with van der Waals surface area (Å²) in [7, 11) is 0. The van der Waals surface area contributed by atoms with Crippen molar-refractivity contribution in [1.29, 1.82) is 0 Å². The Morgan fingerprint density at radius 1 is 0.409 bits per heavy atom. The van der Waals surface area contributed by atoms with E-state index >= 15 is 0 Å². The van der Waals surface area contributed by atoms with Crippen LogP contribution in [0.3, 0.4) is 0 Å². The summed E-state index contributed by atoms with van der Waals surface area (Å²) in [6.07, 6.45) is -0.714. The molecule has 0 spiro atoms. The van der Waals surface area contributed by atoms with Crippen molar-refractivity contribution in [1.82, 2.24) is 0 Å². The van der Waals surface area contributed by atoms with Crippen LogP contribution in [-0.4, -0.2) is 91.6 Å². The van der Waals surface area contributed by atoms with Crippen molar-refractivity contribution in [2.24, 2.45) is 46.6 Å². The number of aliphatic carboxylic acids is 4. The van der Waals surface area contributed by atoms with Crippen molar-refractivity contribution in [2.75, 3.05) is 0 Å². The molecule has 16 heteroatoms. The fourth-order valence-electron chi connectivity index (χ4n) is 2.51. The quantitative estimate of drug-likeness (QED) is 0.111. The molecule has 0 aromatic heterocycles. The zero-order chi connectivity index (χ0) is 36.1. The predicted octanol–water partition coefficient (Wildman–Crippen LogP) is 0.0540. The van der Waals surface area contributed by atoms with Crippen molar-refractivity contribution >= 4 is 47.0 Å². The van der Waals surface area contributed by atoms with Crippen molar-refractivity contribution in [3.05, 3.63) is 0 Å². The topological polar surface area (TPSA) is 322 Å². The number of carbonyl (C=O) groups excluding carboxylic acids is 4. The van der Waals surface area contributed by atoms with Crippen molar-refractivity contribution in [3.63, 3.8) is 0 Å². The van der Waals surface area contributed by atoms with Crippen molar-refractivity contribution in [3.8, 4) is 0 Å². The van der Waals surface area contributed by atoms with Gasteiger partial charge in [-0.2, -0.15) is 0 Å². The number of hydrogen-bond acceptors (Lipinski definition) is 12. The summed E-state index contributed by atoms with van der Waals surface area (Å²) < 4.78 is 0. The zero-order valence-corrected chi connectivity index (χ0v) is 26.8. The van der Waals surface area contributed by atoms with Crippen LogP contribution in [0.15, 0.2) is 0 Å². The number of hydrogen-bond donors (Lipinski definition) is 8. The first kappa shape index (κ1) is 47.3. The fraction of sp³-hybridized carbons (Fsp3) is 0.714. The van der Waals surface area contributed by atoms with Crippen LogP contribution < -0.4 is 22.9 Å². The van der Waals surface area contributed by atoms with Gasteiger partial charge in [-0.05, 0) is 0 Å². The number of carboxylic acid groups (broad SMARTS) is 4. The van der Waals surface area contributed by atoms with E-state index in [2.05, 4.69) is 0 Å². The molecule has 0 rings (SSSR count). The summed E-state index contributed by atoms with van der Waals surface area (Å²) in [6, 6.07) is -3.81. The number of ketones is 4. The third-order valence-electron chi connectivity index (χ3n) is 5.42. The van der Waals surface area contributed by atoms with Crippen LogP contribution in [0.2, 0.25) is 0 Å². The highest BCUT2D eigenvalue weighted by Crippen LogP contribution is 2.03. The van der Waals surface area contributed by atoms with Crippen LogP contribution in [0, 0.1) is 23.7 Å². The molecule has 0 fully saturated rings. The van der Waals surface area contributed by atoms with Crippen LogP contribution in [0.1, 0.15) is 81.1 Å². The highest BCUT2D eigenvalue weighted by molar-refractivity contribution is 5.90. The van der Waals surface area contributed by atoms with Gasteiger partial charge in [-0.3, -0.25) is 38.4 Å². The fourth-order valence-corrected chi connectivity index (χ4v) is 2.51. The van der Waals surface area contributed by atoms with Gasteiger partial charge in [-0.15, -0.1) is 0 Å². The van der Waals surface area contributed by atoms with Gasteiger partial charge in [0.15, 0.2) is 11.6 Å². The molecular formula is C28H52N4O12. The molecule has 0 saturated carbocycles. The van der Waals surface area contributed by atoms with Gasteiger partial charge in [0.05, 0.1) is 24.9 Å². The maximum Gasteiger partial charge on any atom is 0.320 e. The summed E-state index contributed by atoms with van der Waals surface area (Å²) in [6.45, 7) is 13.7. The van der Waals surface area contributed by atoms with E-state index in [9.17, 15) is 38.4 Å². The SMILES string of the molecule is CC(C)C(=O)C[C@@H](N)C(=O)O.CC(C)C(=O)C[C@H](N)C(=O)O.CC(C)C(=O)[C@@H](N)CC(=O)O.CC(C)C(=O)[C@H](N)CC(=O)O. The van der Waals surface area contributed by atoms with Gasteiger partial charge in [-0.25, -0.2) is 0 Å². The first-order chi connectivity index (χ1) is 19.8. The molecule has 16 nitrogen and oxygen atoms in total. The lowest BCUT2D eigenvalue weighted by molar-refractivity contribution is -0.141. The Morgan fingerprint density at radius 3 is 0.773 bits per heavy atom. The number of Topliss-reactive ketones (excluding diaryl/α,β-unsaturated/α-hetero) is 4. The lowest BCUT2D eigenvalue weighted by Gasteiger charge is -2.09. The van der Waals surface area contributed by atoms with Crippen LogP contribution in [0.5, 0.6) is 0 Å². The van der Waals surface area contributed by atoms with E-state index in [1.807, 2.05) is 0 Å². The molecule has 0 radical (unpaired) electrons. The standard InChI is InChI=1S/4C7H13NO3/c2*1-4(2)7(11)5(8)3-6(9)10;2*1-4(2)6(9)3-5(8)7(10)11/h2*4-5H,3,8H2,1-2H3,(H,9,10);2*4-5H,3,8H2,1-2H3,(H,10,11)/t4*5-/m1010/s1. The van der Waals surface area contributed by atoms with Gasteiger partial charge in [0, 0.05) is 36.5 Å². The molecule has 0 amide bonds. The molecule has 0 bridgehead atoms. The van der Waals surface area contributed by atoms with Gasteiger partial charge in [0.1, 0.15) is 23.7 Å². The third-order valence-corrected chi connectivity index (χ3v) is 5.42. The van der Waals surface area contributed by atoms with Crippen LogP contribution in [0.25, 0.3) is 0 Å². The third kappa shape index (κ3) is 27.2. The molecule has 0 aliphatic heterocycles. The lowest BCUT2D eigenvalue weighted by Crippen LogP contribution is -2.35. The Hall–Kier alpha value is -3.60. The monoisotopic (exact) mass is 636 g/mol. The second-order valence-electron chi connectivity index (χ2n) is 11.1. The molecule has 256 valence electrons. The summed E-state index contributed by atoms with van der Waals surface area (Å²) in [5.74, 6) is -5.61. The number of carboxylic acids is 4. The minimum absolute atomic E-state index is 0.0764. The van der Waals surface area contributed by atoms with Crippen molar-refractivity contribution in [2.45, 2.75) is 105 Å². The molecule has 4 atom stereocenters. The summed E-state index contributed by atoms with van der Waals surface area (Å²) >= 11 is 0. The summed E-state index contributed by atoms with van der Waals surface area (Å²) in [4.78, 5) is 84.4. The molecule has 0 unspecified atom stereocenters. The molecule has 0 aliphatic carbocycles. The smallest absolute Gasteiger partial charge is 0.320 e. The lowest BCUT2D eigenvalue weighted by atomic mass is 10.0. The number of rotatable bonds is 16. The maximum atomic E-state index is 11.0. The van der Waals surface area contributed by atoms with E-state index in [1.165, 1.54) is 0 Å². The highest BCUT2D eigenvalue weighted by atomic mass is 16.4. The summed E-state index contributed by atoms with van der Waals surface area (Å²) in [5, 5.41) is 33.2. The first-order valence-electron chi connectivity index (χ1n) is 13.8. The van der Waals surface area contributed by atoms with Crippen LogP contribution in [0.4, 0.5) is 0 Å². The van der Waals surface area contributed by atoms with E-state index in [0.29, 0.717) is 0 Å². The maximum absolute atomic E-state index is 11.0. The first-order valence-corrected chi connectivity index (χ1v) is 13.8. The second kappa shape index (κ2) is 24.8. The number of nitrogens with two attached hydrogens (primary N) is 4. The van der Waals surface area contributed by atoms with Gasteiger partial charge < -0.3 is 43.4 Å². The average molecular weight is 637 g/mol. The van der Waals surface area contributed by atoms with Crippen molar-refractivity contribution < 1.29 is 58.8 Å². The Labute approximate surface area is 257 Å². The van der Waals surface area contributed by atoms with Crippen LogP contribution >= 0.6 is 0 Å². The highest BCUT2D eigenvalue weighted by Gasteiger charge is 2.21. The van der Waals surface area contributed by atoms with E-state index in [4.69, 9.17) is 43.4 Å². The van der Waals surface area contributed by atoms with Gasteiger partial charge in [0.2, 0.25) is 0 Å². The predicted molar refractivity (Wildman–Crippen MR) is 160 cm³/mol. The molecule has 0 aliphatic rings. The van der Waals surface area contributed by atoms with Gasteiger partial charge in [-0.1, -0.05) is 55.4 Å². The zero-order valence-electron chi connectivity index (χ0n) is 26.8. The Bertz CT molecular complexity index is 888. The molecular weight excluding hydrogens is 584 g/mol. The molecule has 0 aromatic carbocycles. The summed E-state index contributed by atoms with van der Waals surface area (Å²) in [5.41, 5.74) is 20.8. The molecule has 44 heavy (non-hydrogen) atoms. The minimum Gasteiger partial charge on any atom is -0.481 e. The molecule has 0 aromatic rings. The van der Waals surface area contributed by atoms with E-state index in [1.54, 1.807) is 55.4 Å². The van der Waals surface area contributed by atoms with E-state index < -0.39 is 48.0 Å². The van der Waals surface area contributed by atoms with Crippen LogP contribution in [-0.2, 0) is 38.4 Å². The van der Waals surface area contributed by atoms with E-state index in [0.717, 1.165) is 0 Å². The molecule has 0 saturated heterocycles. The van der Waals surface area contributed by atoms with E-state index in [-0.39, 0.29) is 72.5 Å². The largest absolute Gasteiger partial charge is 0.481 e. The Balaban J connectivity index is -0.000000242. The van der Waals surface area contributed by atoms with Gasteiger partial charge in [0.25, 0.3) is 0 Å².